The third-order valence-corrected chi connectivity index (χ3v) is 3.55. The summed E-state index contributed by atoms with van der Waals surface area (Å²) in [5.74, 6) is -0.968. The fraction of sp³-hybridized carbons (Fsp3) is 0.0588. The lowest BCUT2D eigenvalue weighted by Crippen LogP contribution is -2.07. The third-order valence-electron chi connectivity index (χ3n) is 3.55. The first-order valence-corrected chi connectivity index (χ1v) is 6.52. The van der Waals surface area contributed by atoms with Crippen LogP contribution >= 0.6 is 0 Å². The normalized spacial score (nSPS) is 10.7. The number of carboxylic acid groups (broad SMARTS) is 1. The minimum absolute atomic E-state index is 0.145. The molecule has 4 heteroatoms. The summed E-state index contributed by atoms with van der Waals surface area (Å²) in [6, 6.07) is 14.0. The van der Waals surface area contributed by atoms with Crippen LogP contribution < -0.4 is 5.56 Å². The Morgan fingerprint density at radius 3 is 2.43 bits per heavy atom. The maximum Gasteiger partial charge on any atom is 0.335 e. The highest BCUT2D eigenvalue weighted by atomic mass is 16.4. The summed E-state index contributed by atoms with van der Waals surface area (Å²) in [4.78, 5) is 25.9. The van der Waals surface area contributed by atoms with Gasteiger partial charge in [0.25, 0.3) is 5.56 Å². The van der Waals surface area contributed by atoms with Crippen LogP contribution in [0.5, 0.6) is 0 Å². The van der Waals surface area contributed by atoms with Crippen molar-refractivity contribution in [3.05, 3.63) is 70.0 Å². The van der Waals surface area contributed by atoms with Gasteiger partial charge < -0.3 is 10.1 Å². The number of hydrogen-bond acceptors (Lipinski definition) is 2. The molecule has 2 N–H and O–H groups in total. The van der Waals surface area contributed by atoms with Crippen LogP contribution in [-0.4, -0.2) is 16.1 Å². The van der Waals surface area contributed by atoms with Crippen LogP contribution in [0.3, 0.4) is 0 Å². The van der Waals surface area contributed by atoms with E-state index >= 15 is 0 Å². The van der Waals surface area contributed by atoms with Crippen LogP contribution in [0.4, 0.5) is 0 Å². The second-order valence-corrected chi connectivity index (χ2v) is 4.93. The first kappa shape index (κ1) is 13.1. The Labute approximate surface area is 120 Å². The molecule has 0 saturated heterocycles. The number of aromatic carboxylic acids is 1. The summed E-state index contributed by atoms with van der Waals surface area (Å²) >= 11 is 0. The van der Waals surface area contributed by atoms with E-state index in [2.05, 4.69) is 4.98 Å². The van der Waals surface area contributed by atoms with Gasteiger partial charge in [0.15, 0.2) is 0 Å². The molecule has 0 fully saturated rings. The number of hydrogen-bond donors (Lipinski definition) is 2. The number of aromatic amines is 1. The zero-order chi connectivity index (χ0) is 15.0. The zero-order valence-corrected chi connectivity index (χ0v) is 11.4. The van der Waals surface area contributed by atoms with Crippen molar-refractivity contribution >= 4 is 16.7 Å². The van der Waals surface area contributed by atoms with E-state index in [0.29, 0.717) is 11.1 Å². The van der Waals surface area contributed by atoms with Gasteiger partial charge in [-0.1, -0.05) is 24.3 Å². The first-order valence-electron chi connectivity index (χ1n) is 6.52. The fourth-order valence-corrected chi connectivity index (χ4v) is 2.39. The number of aryl methyl sites for hydroxylation is 1. The van der Waals surface area contributed by atoms with E-state index in [1.54, 1.807) is 18.2 Å². The maximum atomic E-state index is 12.2. The molecule has 1 aromatic heterocycles. The summed E-state index contributed by atoms with van der Waals surface area (Å²) in [5.41, 5.74) is 2.56. The molecule has 0 atom stereocenters. The number of aromatic nitrogens is 1. The molecule has 3 rings (SSSR count). The lowest BCUT2D eigenvalue weighted by molar-refractivity contribution is 0.0697. The summed E-state index contributed by atoms with van der Waals surface area (Å²) in [7, 11) is 0. The topological polar surface area (TPSA) is 70.2 Å². The highest BCUT2D eigenvalue weighted by molar-refractivity contribution is 5.90. The SMILES string of the molecule is Cc1cccc2c(=O)[nH]c(-c3ccc(C(=O)O)cc3)cc12. The number of pyridine rings is 1. The van der Waals surface area contributed by atoms with Gasteiger partial charge in [-0.2, -0.15) is 0 Å². The van der Waals surface area contributed by atoms with Gasteiger partial charge >= 0.3 is 5.97 Å². The number of carboxylic acids is 1. The molecule has 0 unspecified atom stereocenters. The Balaban J connectivity index is 2.19. The van der Waals surface area contributed by atoms with Crippen molar-refractivity contribution in [2.75, 3.05) is 0 Å². The summed E-state index contributed by atoms with van der Waals surface area (Å²) < 4.78 is 0. The van der Waals surface area contributed by atoms with Gasteiger partial charge in [-0.15, -0.1) is 0 Å². The summed E-state index contributed by atoms with van der Waals surface area (Å²) in [5, 5.41) is 10.5. The van der Waals surface area contributed by atoms with Crippen LogP contribution in [0.1, 0.15) is 15.9 Å². The highest BCUT2D eigenvalue weighted by Gasteiger charge is 2.07. The van der Waals surface area contributed by atoms with Gasteiger partial charge in [0.1, 0.15) is 0 Å². The largest absolute Gasteiger partial charge is 0.478 e. The van der Waals surface area contributed by atoms with Crippen molar-refractivity contribution < 1.29 is 9.90 Å². The van der Waals surface area contributed by atoms with Crippen molar-refractivity contribution in [2.45, 2.75) is 6.92 Å². The van der Waals surface area contributed by atoms with E-state index in [4.69, 9.17) is 5.11 Å². The molecule has 21 heavy (non-hydrogen) atoms. The van der Waals surface area contributed by atoms with E-state index in [-0.39, 0.29) is 11.1 Å². The first-order chi connectivity index (χ1) is 10.1. The standard InChI is InChI=1S/C17H13NO3/c1-10-3-2-4-13-14(10)9-15(18-16(13)19)11-5-7-12(8-6-11)17(20)21/h2-9H,1H3,(H,18,19)(H,20,21). The smallest absolute Gasteiger partial charge is 0.335 e. The molecule has 0 aliphatic heterocycles. The quantitative estimate of drug-likeness (QED) is 0.756. The molecular formula is C17H13NO3. The predicted molar refractivity (Wildman–Crippen MR) is 81.7 cm³/mol. The lowest BCUT2D eigenvalue weighted by atomic mass is 10.0. The minimum atomic E-state index is -0.968. The van der Waals surface area contributed by atoms with Crippen molar-refractivity contribution in [1.82, 2.24) is 4.98 Å². The Hall–Kier alpha value is -2.88. The molecule has 104 valence electrons. The number of nitrogens with one attached hydrogen (secondary N) is 1. The Bertz CT molecular complexity index is 892. The van der Waals surface area contributed by atoms with E-state index in [9.17, 15) is 9.59 Å². The van der Waals surface area contributed by atoms with Crippen molar-refractivity contribution in [1.29, 1.82) is 0 Å². The van der Waals surface area contributed by atoms with Gasteiger partial charge in [0.2, 0.25) is 0 Å². The third kappa shape index (κ3) is 2.31. The molecule has 3 aromatic rings. The highest BCUT2D eigenvalue weighted by Crippen LogP contribution is 2.22. The van der Waals surface area contributed by atoms with Gasteiger partial charge in [-0.05, 0) is 47.7 Å². The molecule has 0 aliphatic rings. The predicted octanol–water partition coefficient (Wildman–Crippen LogP) is 3.20. The number of carbonyl (C=O) groups is 1. The Morgan fingerprint density at radius 2 is 1.76 bits per heavy atom. The molecule has 0 saturated carbocycles. The molecule has 0 spiro atoms. The van der Waals surface area contributed by atoms with Crippen LogP contribution in [-0.2, 0) is 0 Å². The molecule has 0 bridgehead atoms. The van der Waals surface area contributed by atoms with Gasteiger partial charge in [0.05, 0.1) is 5.56 Å². The number of rotatable bonds is 2. The number of H-pyrrole nitrogens is 1. The maximum absolute atomic E-state index is 12.2. The van der Waals surface area contributed by atoms with Crippen LogP contribution in [0.25, 0.3) is 22.0 Å². The molecule has 0 aliphatic carbocycles. The molecule has 0 amide bonds. The molecule has 2 aromatic carbocycles. The summed E-state index contributed by atoms with van der Waals surface area (Å²) in [6.07, 6.45) is 0. The second kappa shape index (κ2) is 4.90. The Kier molecular flexibility index (Phi) is 3.06. The molecule has 0 radical (unpaired) electrons. The number of benzene rings is 2. The van der Waals surface area contributed by atoms with Gasteiger partial charge in [0, 0.05) is 11.1 Å². The second-order valence-electron chi connectivity index (χ2n) is 4.93. The van der Waals surface area contributed by atoms with Gasteiger partial charge in [-0.3, -0.25) is 4.79 Å². The van der Waals surface area contributed by atoms with Crippen molar-refractivity contribution in [3.8, 4) is 11.3 Å². The van der Waals surface area contributed by atoms with Crippen LogP contribution in [0, 0.1) is 6.92 Å². The monoisotopic (exact) mass is 279 g/mol. The Morgan fingerprint density at radius 1 is 1.05 bits per heavy atom. The molecule has 4 nitrogen and oxygen atoms in total. The summed E-state index contributed by atoms with van der Waals surface area (Å²) in [6.45, 7) is 1.96. The lowest BCUT2D eigenvalue weighted by Gasteiger charge is -2.06. The van der Waals surface area contributed by atoms with E-state index < -0.39 is 5.97 Å². The van der Waals surface area contributed by atoms with E-state index in [0.717, 1.165) is 16.5 Å². The average Bonchev–Trinajstić information content (AvgIpc) is 2.48. The zero-order valence-electron chi connectivity index (χ0n) is 11.4. The van der Waals surface area contributed by atoms with E-state index in [1.807, 2.05) is 25.1 Å². The van der Waals surface area contributed by atoms with Crippen LogP contribution in [0.2, 0.25) is 0 Å². The number of fused-ring (bicyclic) bond motifs is 1. The van der Waals surface area contributed by atoms with Crippen molar-refractivity contribution in [2.24, 2.45) is 0 Å². The van der Waals surface area contributed by atoms with Crippen molar-refractivity contribution in [3.63, 3.8) is 0 Å². The minimum Gasteiger partial charge on any atom is -0.478 e. The average molecular weight is 279 g/mol. The van der Waals surface area contributed by atoms with Gasteiger partial charge in [-0.25, -0.2) is 4.79 Å². The fourth-order valence-electron chi connectivity index (χ4n) is 2.39. The molecule has 1 heterocycles. The molecular weight excluding hydrogens is 266 g/mol. The van der Waals surface area contributed by atoms with Crippen LogP contribution in [0.15, 0.2) is 53.3 Å². The van der Waals surface area contributed by atoms with E-state index in [1.165, 1.54) is 12.1 Å².